The first kappa shape index (κ1) is 21.7. The summed E-state index contributed by atoms with van der Waals surface area (Å²) in [4.78, 5) is 11.8. The van der Waals surface area contributed by atoms with Crippen LogP contribution in [0.3, 0.4) is 0 Å². The van der Waals surface area contributed by atoms with E-state index in [1.54, 1.807) is 25.1 Å². The summed E-state index contributed by atoms with van der Waals surface area (Å²) < 4.78 is 30.7. The monoisotopic (exact) mass is 390 g/mol. The van der Waals surface area contributed by atoms with Gasteiger partial charge in [0.05, 0.1) is 11.9 Å². The van der Waals surface area contributed by atoms with E-state index in [4.69, 9.17) is 16.3 Å². The molecule has 0 fully saturated rings. The van der Waals surface area contributed by atoms with Crippen LogP contribution >= 0.6 is 11.6 Å². The molecule has 0 saturated carbocycles. The van der Waals surface area contributed by atoms with Crippen molar-refractivity contribution in [1.82, 2.24) is 5.32 Å². The SMILES string of the molecule is CCOCCCNC(=O)CCCN(c1cccc(Cl)c1C)S(C)(=O)=O. The van der Waals surface area contributed by atoms with Crippen molar-refractivity contribution < 1.29 is 17.9 Å². The van der Waals surface area contributed by atoms with Gasteiger partial charge in [-0.3, -0.25) is 9.10 Å². The van der Waals surface area contributed by atoms with Gasteiger partial charge in [-0.2, -0.15) is 0 Å². The zero-order valence-corrected chi connectivity index (χ0v) is 16.6. The number of benzene rings is 1. The summed E-state index contributed by atoms with van der Waals surface area (Å²) in [5.41, 5.74) is 1.25. The highest BCUT2D eigenvalue weighted by Crippen LogP contribution is 2.28. The molecule has 1 rings (SSSR count). The maximum absolute atomic E-state index is 12.1. The van der Waals surface area contributed by atoms with Crippen LogP contribution < -0.4 is 9.62 Å². The number of anilines is 1. The van der Waals surface area contributed by atoms with Gasteiger partial charge < -0.3 is 10.1 Å². The summed E-state index contributed by atoms with van der Waals surface area (Å²) in [6, 6.07) is 5.15. The molecule has 8 heteroatoms. The van der Waals surface area contributed by atoms with Gasteiger partial charge in [-0.25, -0.2) is 8.42 Å². The third kappa shape index (κ3) is 7.63. The Kier molecular flexibility index (Phi) is 9.24. The maximum atomic E-state index is 12.1. The van der Waals surface area contributed by atoms with Crippen LogP contribution in [0.4, 0.5) is 5.69 Å². The highest BCUT2D eigenvalue weighted by molar-refractivity contribution is 7.92. The average molecular weight is 391 g/mol. The normalized spacial score (nSPS) is 11.4. The minimum atomic E-state index is -3.46. The molecule has 0 saturated heterocycles. The lowest BCUT2D eigenvalue weighted by molar-refractivity contribution is -0.121. The molecule has 0 aromatic heterocycles. The zero-order valence-electron chi connectivity index (χ0n) is 15.0. The standard InChI is InChI=1S/C17H27ClN2O4S/c1-4-24-13-7-11-19-17(21)10-6-12-20(25(3,22)23)16-9-5-8-15(18)14(16)2/h5,8-9H,4,6-7,10-13H2,1-3H3,(H,19,21). The van der Waals surface area contributed by atoms with Crippen LogP contribution in [0.15, 0.2) is 18.2 Å². The van der Waals surface area contributed by atoms with E-state index in [9.17, 15) is 13.2 Å². The first-order valence-corrected chi connectivity index (χ1v) is 10.6. The van der Waals surface area contributed by atoms with Crippen LogP contribution in [0.5, 0.6) is 0 Å². The van der Waals surface area contributed by atoms with Crippen LogP contribution in [-0.4, -0.2) is 46.9 Å². The predicted octanol–water partition coefficient (Wildman–Crippen LogP) is 2.74. The molecule has 0 bridgehead atoms. The van der Waals surface area contributed by atoms with Crippen molar-refractivity contribution in [3.8, 4) is 0 Å². The molecule has 0 aliphatic heterocycles. The summed E-state index contributed by atoms with van der Waals surface area (Å²) in [5, 5.41) is 3.32. The van der Waals surface area contributed by atoms with E-state index in [1.807, 2.05) is 6.92 Å². The Hall–Kier alpha value is -1.31. The second kappa shape index (κ2) is 10.6. The second-order valence-electron chi connectivity index (χ2n) is 5.72. The van der Waals surface area contributed by atoms with E-state index in [0.717, 1.165) is 12.7 Å². The Morgan fingerprint density at radius 3 is 2.68 bits per heavy atom. The molecule has 1 amide bonds. The Bertz CT molecular complexity index is 665. The quantitative estimate of drug-likeness (QED) is 0.589. The topological polar surface area (TPSA) is 75.7 Å². The molecule has 0 aliphatic rings. The second-order valence-corrected chi connectivity index (χ2v) is 8.04. The Morgan fingerprint density at radius 2 is 2.04 bits per heavy atom. The summed E-state index contributed by atoms with van der Waals surface area (Å²) in [6.07, 6.45) is 2.61. The smallest absolute Gasteiger partial charge is 0.232 e. The molecule has 1 aromatic carbocycles. The van der Waals surface area contributed by atoms with Gasteiger partial charge in [-0.05, 0) is 44.4 Å². The third-order valence-corrected chi connectivity index (χ3v) is 5.25. The first-order valence-electron chi connectivity index (χ1n) is 8.34. The van der Waals surface area contributed by atoms with Gasteiger partial charge in [-0.1, -0.05) is 17.7 Å². The molecule has 1 aromatic rings. The molecule has 1 N–H and O–H groups in total. The zero-order chi connectivity index (χ0) is 18.9. The number of sulfonamides is 1. The summed E-state index contributed by atoms with van der Waals surface area (Å²) in [5.74, 6) is -0.0900. The van der Waals surface area contributed by atoms with Gasteiger partial charge in [-0.15, -0.1) is 0 Å². The fourth-order valence-corrected chi connectivity index (χ4v) is 3.53. The largest absolute Gasteiger partial charge is 0.382 e. The molecule has 0 heterocycles. The van der Waals surface area contributed by atoms with Gasteiger partial charge in [0.2, 0.25) is 15.9 Å². The molecular weight excluding hydrogens is 364 g/mol. The first-order chi connectivity index (χ1) is 11.8. The minimum Gasteiger partial charge on any atom is -0.382 e. The van der Waals surface area contributed by atoms with E-state index in [2.05, 4.69) is 5.32 Å². The van der Waals surface area contributed by atoms with E-state index >= 15 is 0 Å². The van der Waals surface area contributed by atoms with Crippen molar-refractivity contribution in [2.24, 2.45) is 0 Å². The van der Waals surface area contributed by atoms with Gasteiger partial charge >= 0.3 is 0 Å². The lowest BCUT2D eigenvalue weighted by atomic mass is 10.2. The van der Waals surface area contributed by atoms with E-state index < -0.39 is 10.0 Å². The number of hydrogen-bond donors (Lipinski definition) is 1. The number of carbonyl (C=O) groups is 1. The maximum Gasteiger partial charge on any atom is 0.232 e. The number of hydrogen-bond acceptors (Lipinski definition) is 4. The van der Waals surface area contributed by atoms with Crippen molar-refractivity contribution in [3.63, 3.8) is 0 Å². The third-order valence-electron chi connectivity index (χ3n) is 3.66. The number of nitrogens with zero attached hydrogens (tertiary/aromatic N) is 1. The van der Waals surface area contributed by atoms with Gasteiger partial charge in [0.1, 0.15) is 0 Å². The van der Waals surface area contributed by atoms with Gasteiger partial charge in [0.15, 0.2) is 0 Å². The molecular formula is C17H27ClN2O4S. The fraction of sp³-hybridized carbons (Fsp3) is 0.588. The van der Waals surface area contributed by atoms with Crippen molar-refractivity contribution >= 4 is 33.2 Å². The Balaban J connectivity index is 2.56. The summed E-state index contributed by atoms with van der Waals surface area (Å²) in [7, 11) is -3.46. The van der Waals surface area contributed by atoms with Gasteiger partial charge in [0, 0.05) is 37.7 Å². The molecule has 0 spiro atoms. The van der Waals surface area contributed by atoms with Crippen molar-refractivity contribution in [1.29, 1.82) is 0 Å². The average Bonchev–Trinajstić information content (AvgIpc) is 2.53. The number of nitrogens with one attached hydrogen (secondary N) is 1. The number of amides is 1. The highest BCUT2D eigenvalue weighted by Gasteiger charge is 2.20. The fourth-order valence-electron chi connectivity index (χ4n) is 2.35. The van der Waals surface area contributed by atoms with E-state index in [-0.39, 0.29) is 18.9 Å². The predicted molar refractivity (Wildman–Crippen MR) is 102 cm³/mol. The number of carbonyl (C=O) groups excluding carboxylic acids is 1. The van der Waals surface area contributed by atoms with Crippen LogP contribution in [0.25, 0.3) is 0 Å². The Labute approximate surface area is 155 Å². The lowest BCUT2D eigenvalue weighted by Crippen LogP contribution is -2.33. The number of halogens is 1. The molecule has 0 atom stereocenters. The number of rotatable bonds is 11. The lowest BCUT2D eigenvalue weighted by Gasteiger charge is -2.24. The molecule has 0 aliphatic carbocycles. The van der Waals surface area contributed by atoms with Crippen molar-refractivity contribution in [2.45, 2.75) is 33.1 Å². The molecule has 142 valence electrons. The molecule has 6 nitrogen and oxygen atoms in total. The van der Waals surface area contributed by atoms with Gasteiger partial charge in [0.25, 0.3) is 0 Å². The molecule has 0 radical (unpaired) electrons. The summed E-state index contributed by atoms with van der Waals surface area (Å²) >= 11 is 6.09. The molecule has 0 unspecified atom stereocenters. The van der Waals surface area contributed by atoms with Crippen LogP contribution in [0.1, 0.15) is 31.7 Å². The van der Waals surface area contributed by atoms with E-state index in [0.29, 0.717) is 42.5 Å². The molecule has 25 heavy (non-hydrogen) atoms. The van der Waals surface area contributed by atoms with Crippen LogP contribution in [0.2, 0.25) is 5.02 Å². The van der Waals surface area contributed by atoms with Crippen molar-refractivity contribution in [2.75, 3.05) is 36.9 Å². The van der Waals surface area contributed by atoms with Crippen LogP contribution in [0, 0.1) is 6.92 Å². The van der Waals surface area contributed by atoms with E-state index in [1.165, 1.54) is 4.31 Å². The minimum absolute atomic E-state index is 0.0900. The Morgan fingerprint density at radius 1 is 1.32 bits per heavy atom. The summed E-state index contributed by atoms with van der Waals surface area (Å²) in [6.45, 7) is 5.77. The highest BCUT2D eigenvalue weighted by atomic mass is 35.5. The van der Waals surface area contributed by atoms with Crippen molar-refractivity contribution in [3.05, 3.63) is 28.8 Å². The van der Waals surface area contributed by atoms with Crippen LogP contribution in [-0.2, 0) is 19.6 Å². The number of ether oxygens (including phenoxy) is 1.